The number of hydrogen-bond acceptors (Lipinski definition) is 2. The third kappa shape index (κ3) is 7.03. The molecule has 0 saturated carbocycles. The van der Waals surface area contributed by atoms with Crippen molar-refractivity contribution in [1.29, 1.82) is 0 Å². The van der Waals surface area contributed by atoms with Crippen molar-refractivity contribution in [3.05, 3.63) is 30.3 Å². The molecule has 0 aromatic heterocycles. The summed E-state index contributed by atoms with van der Waals surface area (Å²) in [5.41, 5.74) is 0. The minimum Gasteiger partial charge on any atom is -0.214 e. The number of carbonyl (C=O) groups excluding carboxylic acids is 2. The minimum absolute atomic E-state index is 0.222. The molecule has 0 fully saturated rings. The normalized spacial score (nSPS) is 6.40. The molecule has 0 aliphatic heterocycles. The average Bonchev–Trinajstić information content (AvgIpc) is 2.44. The van der Waals surface area contributed by atoms with Crippen molar-refractivity contribution in [2.45, 2.75) is 0 Å². The Morgan fingerprint density at radius 1 is 1.10 bits per heavy atom. The van der Waals surface area contributed by atoms with Crippen molar-refractivity contribution in [3.63, 3.8) is 0 Å². The Bertz CT molecular complexity index is 218. The molecule has 3 heteroatoms. The first-order valence-electron chi connectivity index (χ1n) is 2.43. The summed E-state index contributed by atoms with van der Waals surface area (Å²) < 4.78 is 0. The van der Waals surface area contributed by atoms with Gasteiger partial charge in [0.2, 0.25) is 0 Å². The molecule has 54 valence electrons. The zero-order valence-electron chi connectivity index (χ0n) is 5.06. The van der Waals surface area contributed by atoms with Gasteiger partial charge in [-0.1, -0.05) is 0 Å². The first kappa shape index (κ1) is 9.03. The second-order valence-electron chi connectivity index (χ2n) is 1.19. The molecule has 0 amide bonds. The number of hydrogen-bond donors (Lipinski definition) is 0. The molecule has 0 bridgehead atoms. The standard InChI is InChI=1S/C5H5.2CO.Fe/c1-2-4-5-3-1;2*1-2;/h1-5H;;;/q-1;;;. The van der Waals surface area contributed by atoms with E-state index in [2.05, 4.69) is 0 Å². The van der Waals surface area contributed by atoms with E-state index in [1.165, 1.54) is 9.57 Å². The summed E-state index contributed by atoms with van der Waals surface area (Å²) in [6, 6.07) is 10.0. The molecule has 1 aromatic carbocycles. The summed E-state index contributed by atoms with van der Waals surface area (Å²) >= 11 is -0.222. The van der Waals surface area contributed by atoms with Gasteiger partial charge in [0.15, 0.2) is 0 Å². The summed E-state index contributed by atoms with van der Waals surface area (Å²) in [7, 11) is 0. The molecule has 0 heterocycles. The van der Waals surface area contributed by atoms with E-state index in [1.807, 2.05) is 30.3 Å². The first-order valence-corrected chi connectivity index (χ1v) is 3.53. The summed E-state index contributed by atoms with van der Waals surface area (Å²) in [5, 5.41) is 0. The van der Waals surface area contributed by atoms with Gasteiger partial charge in [-0.25, -0.2) is 12.1 Å². The Morgan fingerprint density at radius 3 is 1.70 bits per heavy atom. The van der Waals surface area contributed by atoms with Crippen LogP contribution in [0, 0.1) is 0 Å². The van der Waals surface area contributed by atoms with E-state index in [4.69, 9.17) is 9.59 Å². The van der Waals surface area contributed by atoms with Crippen molar-refractivity contribution >= 4 is 9.57 Å². The predicted octanol–water partition coefficient (Wildman–Crippen LogP) is 0.609. The van der Waals surface area contributed by atoms with Crippen LogP contribution in [0.4, 0.5) is 0 Å². The fraction of sp³-hybridized carbons (Fsp3) is 0. The topological polar surface area (TPSA) is 34.1 Å². The predicted molar refractivity (Wildman–Crippen MR) is 33.4 cm³/mol. The Hall–Kier alpha value is -0.971. The van der Waals surface area contributed by atoms with Gasteiger partial charge in [0.25, 0.3) is 0 Å². The zero-order valence-corrected chi connectivity index (χ0v) is 6.16. The van der Waals surface area contributed by atoms with Crippen LogP contribution in [0.25, 0.3) is 0 Å². The maximum Gasteiger partial charge on any atom is -0.172 e. The van der Waals surface area contributed by atoms with Crippen LogP contribution in [-0.4, -0.2) is 9.57 Å². The summed E-state index contributed by atoms with van der Waals surface area (Å²) in [6.45, 7) is 0. The zero-order chi connectivity index (χ0) is 7.66. The Kier molecular flexibility index (Phi) is 7.25. The van der Waals surface area contributed by atoms with Gasteiger partial charge in [0.1, 0.15) is 0 Å². The largest absolute Gasteiger partial charge is 0.214 e. The Morgan fingerprint density at radius 2 is 1.60 bits per heavy atom. The van der Waals surface area contributed by atoms with E-state index in [0.717, 1.165) is 0 Å². The van der Waals surface area contributed by atoms with Crippen LogP contribution in [0.3, 0.4) is 0 Å². The molecule has 0 atom stereocenters. The third-order valence-corrected chi connectivity index (χ3v) is 0.853. The fourth-order valence-electron chi connectivity index (χ4n) is 0.335. The molecule has 0 N–H and O–H groups in total. The number of rotatable bonds is 0. The summed E-state index contributed by atoms with van der Waals surface area (Å²) in [6.07, 6.45) is 0. The van der Waals surface area contributed by atoms with Gasteiger partial charge >= 0.3 is 33.2 Å². The van der Waals surface area contributed by atoms with Crippen LogP contribution < -0.4 is 0 Å². The minimum atomic E-state index is -0.222. The van der Waals surface area contributed by atoms with Gasteiger partial charge in [-0.3, -0.25) is 0 Å². The molecular formula is C7H5FeO2-. The third-order valence-electron chi connectivity index (χ3n) is 0.628. The molecule has 10 heavy (non-hydrogen) atoms. The monoisotopic (exact) mass is 177 g/mol. The van der Waals surface area contributed by atoms with E-state index in [1.54, 1.807) is 0 Å². The molecule has 2 nitrogen and oxygen atoms in total. The smallest absolute Gasteiger partial charge is 0.172 e. The molecule has 0 spiro atoms. The molecule has 0 unspecified atom stereocenters. The van der Waals surface area contributed by atoms with Crippen LogP contribution in [0.5, 0.6) is 0 Å². The van der Waals surface area contributed by atoms with E-state index in [0.29, 0.717) is 0 Å². The van der Waals surface area contributed by atoms with Crippen molar-refractivity contribution in [3.8, 4) is 0 Å². The van der Waals surface area contributed by atoms with E-state index in [9.17, 15) is 0 Å². The van der Waals surface area contributed by atoms with Gasteiger partial charge in [0.05, 0.1) is 0 Å². The van der Waals surface area contributed by atoms with Crippen molar-refractivity contribution in [2.24, 2.45) is 0 Å². The maximum atomic E-state index is 9.02. The first-order chi connectivity index (χ1) is 4.91. The maximum absolute atomic E-state index is 9.02. The van der Waals surface area contributed by atoms with Crippen LogP contribution in [0.1, 0.15) is 0 Å². The average molecular weight is 177 g/mol. The van der Waals surface area contributed by atoms with Gasteiger partial charge in [-0.2, -0.15) is 18.2 Å². The van der Waals surface area contributed by atoms with Gasteiger partial charge in [-0.15, -0.1) is 0 Å². The molecule has 0 radical (unpaired) electrons. The molecule has 0 aliphatic rings. The Labute approximate surface area is 64.1 Å². The Balaban J connectivity index is 0.000000162. The van der Waals surface area contributed by atoms with Crippen LogP contribution in [0.2, 0.25) is 0 Å². The van der Waals surface area contributed by atoms with E-state index < -0.39 is 0 Å². The second-order valence-corrected chi connectivity index (χ2v) is 1.92. The summed E-state index contributed by atoms with van der Waals surface area (Å²) in [4.78, 5) is 20.7. The van der Waals surface area contributed by atoms with Gasteiger partial charge in [-0.05, 0) is 0 Å². The van der Waals surface area contributed by atoms with Crippen LogP contribution in [0.15, 0.2) is 30.3 Å². The van der Waals surface area contributed by atoms with E-state index in [-0.39, 0.29) is 14.1 Å². The molecule has 1 aromatic rings. The quantitative estimate of drug-likeness (QED) is 0.429. The van der Waals surface area contributed by atoms with E-state index >= 15 is 0 Å². The molecule has 1 rings (SSSR count). The SMILES string of the molecule is O=[C]=[Fe]=[C]=O.c1cc[cH-]c1. The fourth-order valence-corrected chi connectivity index (χ4v) is 0.381. The molecule has 0 aliphatic carbocycles. The van der Waals surface area contributed by atoms with Crippen molar-refractivity contribution < 1.29 is 23.7 Å². The van der Waals surface area contributed by atoms with Gasteiger partial charge in [0, 0.05) is 0 Å². The van der Waals surface area contributed by atoms with Crippen molar-refractivity contribution in [2.75, 3.05) is 0 Å². The second kappa shape index (κ2) is 8.03. The van der Waals surface area contributed by atoms with Crippen molar-refractivity contribution in [1.82, 2.24) is 0 Å². The van der Waals surface area contributed by atoms with Crippen LogP contribution in [-0.2, 0) is 23.7 Å². The molecular weight excluding hydrogens is 172 g/mol. The van der Waals surface area contributed by atoms with Crippen LogP contribution >= 0.6 is 0 Å². The summed E-state index contributed by atoms with van der Waals surface area (Å²) in [5.74, 6) is 0. The van der Waals surface area contributed by atoms with Gasteiger partial charge < -0.3 is 0 Å². The molecule has 0 saturated heterocycles.